The van der Waals surface area contributed by atoms with Gasteiger partial charge in [0.05, 0.1) is 0 Å². The lowest BCUT2D eigenvalue weighted by Crippen LogP contribution is -1.94. The van der Waals surface area contributed by atoms with E-state index in [9.17, 15) is 0 Å². The summed E-state index contributed by atoms with van der Waals surface area (Å²) in [7, 11) is 0. The van der Waals surface area contributed by atoms with E-state index in [4.69, 9.17) is 20.5 Å². The highest BCUT2D eigenvalue weighted by atomic mass is 35.5. The van der Waals surface area contributed by atoms with E-state index in [1.807, 2.05) is 24.3 Å². The van der Waals surface area contributed by atoms with Gasteiger partial charge in [-0.1, -0.05) is 35.0 Å². The lowest BCUT2D eigenvalue weighted by Gasteiger charge is -1.98. The number of nitrogens with zero attached hydrogens (tertiary/aromatic N) is 4. The molecule has 0 aliphatic carbocycles. The molecule has 3 aromatic rings. The largest absolute Gasteiger partial charge is 0.426 e. The van der Waals surface area contributed by atoms with Crippen LogP contribution in [0.2, 0.25) is 5.02 Å². The molecule has 6 nitrogen and oxygen atoms in total. The number of aryl methyl sites for hydroxylation is 3. The highest BCUT2D eigenvalue weighted by Gasteiger charge is 2.11. The van der Waals surface area contributed by atoms with Crippen molar-refractivity contribution in [3.05, 3.63) is 58.3 Å². The van der Waals surface area contributed by atoms with Gasteiger partial charge in [0.2, 0.25) is 17.7 Å². The molecule has 0 radical (unpaired) electrons. The maximum absolute atomic E-state index is 6.11. The lowest BCUT2D eigenvalue weighted by atomic mass is 10.1. The maximum atomic E-state index is 6.11. The van der Waals surface area contributed by atoms with Crippen molar-refractivity contribution >= 4 is 11.6 Å². The molecule has 2 heterocycles. The van der Waals surface area contributed by atoms with Gasteiger partial charge in [-0.05, 0) is 11.6 Å². The maximum Gasteiger partial charge on any atom is 0.227 e. The van der Waals surface area contributed by atoms with Gasteiger partial charge in [-0.3, -0.25) is 0 Å². The van der Waals surface area contributed by atoms with Crippen molar-refractivity contribution in [1.29, 1.82) is 0 Å². The first kappa shape index (κ1) is 13.8. The standard InChI is InChI=1S/C14H13ClN4O2/c1-9-17-18-14(20-9)7-6-13-16-12(19-21-13)8-10-4-2-3-5-11(10)15/h2-5H,6-8H2,1H3. The molecule has 1 aromatic carbocycles. The summed E-state index contributed by atoms with van der Waals surface area (Å²) >= 11 is 6.11. The number of aromatic nitrogens is 4. The topological polar surface area (TPSA) is 77.8 Å². The van der Waals surface area contributed by atoms with Crippen LogP contribution in [-0.4, -0.2) is 20.3 Å². The average Bonchev–Trinajstić information content (AvgIpc) is 3.08. The summed E-state index contributed by atoms with van der Waals surface area (Å²) < 4.78 is 10.5. The van der Waals surface area contributed by atoms with Gasteiger partial charge in [0, 0.05) is 31.2 Å². The molecule has 0 aliphatic heterocycles. The van der Waals surface area contributed by atoms with E-state index < -0.39 is 0 Å². The van der Waals surface area contributed by atoms with Gasteiger partial charge in [0.1, 0.15) is 0 Å². The smallest absolute Gasteiger partial charge is 0.227 e. The number of benzene rings is 1. The predicted molar refractivity (Wildman–Crippen MR) is 75.0 cm³/mol. The summed E-state index contributed by atoms with van der Waals surface area (Å²) in [4.78, 5) is 4.34. The van der Waals surface area contributed by atoms with Crippen LogP contribution < -0.4 is 0 Å². The van der Waals surface area contributed by atoms with Crippen molar-refractivity contribution in [2.75, 3.05) is 0 Å². The van der Waals surface area contributed by atoms with Crippen LogP contribution in [0.3, 0.4) is 0 Å². The van der Waals surface area contributed by atoms with Crippen LogP contribution in [0.15, 0.2) is 33.2 Å². The summed E-state index contributed by atoms with van der Waals surface area (Å²) in [5.74, 6) is 2.28. The fraction of sp³-hybridized carbons (Fsp3) is 0.286. The molecule has 0 saturated heterocycles. The summed E-state index contributed by atoms with van der Waals surface area (Å²) in [6.07, 6.45) is 1.69. The fourth-order valence-corrected chi connectivity index (χ4v) is 2.13. The van der Waals surface area contributed by atoms with Crippen LogP contribution in [0.25, 0.3) is 0 Å². The third-order valence-corrected chi connectivity index (χ3v) is 3.31. The minimum atomic E-state index is 0.544. The van der Waals surface area contributed by atoms with Crippen molar-refractivity contribution in [2.24, 2.45) is 0 Å². The number of rotatable bonds is 5. The van der Waals surface area contributed by atoms with Crippen molar-refractivity contribution in [3.63, 3.8) is 0 Å². The van der Waals surface area contributed by atoms with E-state index in [0.29, 0.717) is 47.8 Å². The van der Waals surface area contributed by atoms with E-state index in [1.165, 1.54) is 0 Å². The molecule has 3 rings (SSSR count). The summed E-state index contributed by atoms with van der Waals surface area (Å²) in [6, 6.07) is 7.61. The lowest BCUT2D eigenvalue weighted by molar-refractivity contribution is 0.367. The molecule has 0 unspecified atom stereocenters. The molecular formula is C14H13ClN4O2. The SMILES string of the molecule is Cc1nnc(CCc2nc(Cc3ccccc3Cl)no2)o1. The summed E-state index contributed by atoms with van der Waals surface area (Å²) in [6.45, 7) is 1.75. The van der Waals surface area contributed by atoms with Crippen molar-refractivity contribution in [2.45, 2.75) is 26.2 Å². The molecule has 0 bridgehead atoms. The molecule has 0 atom stereocenters. The van der Waals surface area contributed by atoms with Crippen molar-refractivity contribution in [3.8, 4) is 0 Å². The average molecular weight is 305 g/mol. The van der Waals surface area contributed by atoms with Gasteiger partial charge in [-0.2, -0.15) is 4.98 Å². The Morgan fingerprint density at radius 2 is 1.90 bits per heavy atom. The zero-order valence-corrected chi connectivity index (χ0v) is 12.2. The normalized spacial score (nSPS) is 11.0. The molecule has 0 spiro atoms. The minimum absolute atomic E-state index is 0.544. The van der Waals surface area contributed by atoms with Gasteiger partial charge in [0.25, 0.3) is 0 Å². The first-order valence-corrected chi connectivity index (χ1v) is 6.92. The highest BCUT2D eigenvalue weighted by Crippen LogP contribution is 2.17. The number of hydrogen-bond donors (Lipinski definition) is 0. The third-order valence-electron chi connectivity index (χ3n) is 2.94. The number of hydrogen-bond acceptors (Lipinski definition) is 6. The Kier molecular flexibility index (Phi) is 3.96. The second-order valence-corrected chi connectivity index (χ2v) is 4.99. The Labute approximate surface area is 126 Å². The van der Waals surface area contributed by atoms with Crippen LogP contribution in [-0.2, 0) is 19.3 Å². The molecule has 0 fully saturated rings. The van der Waals surface area contributed by atoms with Crippen molar-refractivity contribution < 1.29 is 8.94 Å². The van der Waals surface area contributed by atoms with Crippen LogP contribution >= 0.6 is 11.6 Å². The van der Waals surface area contributed by atoms with E-state index in [1.54, 1.807) is 6.92 Å². The van der Waals surface area contributed by atoms with Crippen LogP contribution in [0.1, 0.15) is 29.1 Å². The van der Waals surface area contributed by atoms with Gasteiger partial charge in [-0.15, -0.1) is 10.2 Å². The second kappa shape index (κ2) is 6.05. The Morgan fingerprint density at radius 1 is 1.10 bits per heavy atom. The second-order valence-electron chi connectivity index (χ2n) is 4.59. The van der Waals surface area contributed by atoms with Gasteiger partial charge in [-0.25, -0.2) is 0 Å². The monoisotopic (exact) mass is 304 g/mol. The Balaban J connectivity index is 1.62. The predicted octanol–water partition coefficient (Wildman–Crippen LogP) is 2.79. The first-order valence-electron chi connectivity index (χ1n) is 6.54. The number of halogens is 1. The highest BCUT2D eigenvalue weighted by molar-refractivity contribution is 6.31. The third kappa shape index (κ3) is 3.46. The van der Waals surface area contributed by atoms with E-state index in [2.05, 4.69) is 20.3 Å². The first-order chi connectivity index (χ1) is 10.2. The fourth-order valence-electron chi connectivity index (χ4n) is 1.93. The van der Waals surface area contributed by atoms with E-state index in [-0.39, 0.29) is 0 Å². The zero-order valence-electron chi connectivity index (χ0n) is 11.4. The van der Waals surface area contributed by atoms with Crippen molar-refractivity contribution in [1.82, 2.24) is 20.3 Å². The van der Waals surface area contributed by atoms with Gasteiger partial charge < -0.3 is 8.94 Å². The Morgan fingerprint density at radius 3 is 2.67 bits per heavy atom. The van der Waals surface area contributed by atoms with E-state index >= 15 is 0 Å². The molecular weight excluding hydrogens is 292 g/mol. The van der Waals surface area contributed by atoms with Crippen LogP contribution in [0, 0.1) is 6.92 Å². The Bertz CT molecular complexity index is 738. The van der Waals surface area contributed by atoms with Crippen LogP contribution in [0.4, 0.5) is 0 Å². The van der Waals surface area contributed by atoms with Gasteiger partial charge in [0.15, 0.2) is 5.82 Å². The van der Waals surface area contributed by atoms with E-state index in [0.717, 1.165) is 5.56 Å². The Hall–Kier alpha value is -2.21. The molecule has 108 valence electrons. The minimum Gasteiger partial charge on any atom is -0.426 e. The molecule has 0 N–H and O–H groups in total. The molecule has 0 aliphatic rings. The van der Waals surface area contributed by atoms with Gasteiger partial charge >= 0.3 is 0 Å². The molecule has 0 saturated carbocycles. The molecule has 21 heavy (non-hydrogen) atoms. The van der Waals surface area contributed by atoms with Crippen LogP contribution in [0.5, 0.6) is 0 Å². The summed E-state index contributed by atoms with van der Waals surface area (Å²) in [5, 5.41) is 12.4. The molecule has 7 heteroatoms. The zero-order chi connectivity index (χ0) is 14.7. The molecule has 0 amide bonds. The summed E-state index contributed by atoms with van der Waals surface area (Å²) in [5.41, 5.74) is 0.971. The molecule has 2 aromatic heterocycles. The quantitative estimate of drug-likeness (QED) is 0.721.